The molecule has 0 aliphatic carbocycles. The van der Waals surface area contributed by atoms with E-state index >= 15 is 0 Å². The van der Waals surface area contributed by atoms with Gasteiger partial charge in [-0.3, -0.25) is 20.2 Å². The van der Waals surface area contributed by atoms with E-state index in [0.717, 1.165) is 0 Å². The van der Waals surface area contributed by atoms with Crippen LogP contribution in [-0.2, 0) is 0 Å². The first-order valence-corrected chi connectivity index (χ1v) is 4.73. The van der Waals surface area contributed by atoms with E-state index in [2.05, 4.69) is 10.6 Å². The van der Waals surface area contributed by atoms with Gasteiger partial charge < -0.3 is 5.32 Å². The Kier molecular flexibility index (Phi) is 3.90. The molecule has 0 spiro atoms. The lowest BCUT2D eigenvalue weighted by atomic mass is 10.1. The molecule has 1 amide bonds. The van der Waals surface area contributed by atoms with E-state index in [1.54, 1.807) is 13.1 Å². The molecular formula is C9H9N3O3S. The van der Waals surface area contributed by atoms with Crippen LogP contribution in [0.25, 0.3) is 0 Å². The van der Waals surface area contributed by atoms with Crippen LogP contribution in [-0.4, -0.2) is 23.0 Å². The van der Waals surface area contributed by atoms with Crippen molar-refractivity contribution in [2.75, 3.05) is 7.05 Å². The highest BCUT2D eigenvalue weighted by molar-refractivity contribution is 7.80. The molecule has 1 aromatic carbocycles. The predicted molar refractivity (Wildman–Crippen MR) is 62.2 cm³/mol. The van der Waals surface area contributed by atoms with E-state index in [-0.39, 0.29) is 16.4 Å². The maximum atomic E-state index is 11.6. The fourth-order valence-electron chi connectivity index (χ4n) is 1.06. The van der Waals surface area contributed by atoms with Crippen LogP contribution in [0.2, 0.25) is 0 Å². The molecular weight excluding hydrogens is 230 g/mol. The summed E-state index contributed by atoms with van der Waals surface area (Å²) in [7, 11) is 1.54. The second-order valence-electron chi connectivity index (χ2n) is 2.81. The molecule has 1 aromatic rings. The standard InChI is InChI=1S/C9H9N3O3S/c1-10-9(16)11-8(13)6-4-2-3-5-7(6)12(14)15/h2-5H,1H3,(H2,10,11,13,16). The Morgan fingerprint density at radius 3 is 2.62 bits per heavy atom. The van der Waals surface area contributed by atoms with Crippen molar-refractivity contribution in [3.8, 4) is 0 Å². The third kappa shape index (κ3) is 2.74. The molecule has 0 bridgehead atoms. The molecule has 0 saturated heterocycles. The number of thiocarbonyl (C=S) groups is 1. The normalized spacial score (nSPS) is 9.31. The predicted octanol–water partition coefficient (Wildman–Crippen LogP) is 0.829. The molecule has 0 radical (unpaired) electrons. The van der Waals surface area contributed by atoms with Gasteiger partial charge in [-0.2, -0.15) is 0 Å². The van der Waals surface area contributed by atoms with Crippen LogP contribution in [0.5, 0.6) is 0 Å². The van der Waals surface area contributed by atoms with Crippen LogP contribution in [0, 0.1) is 10.1 Å². The highest BCUT2D eigenvalue weighted by Gasteiger charge is 2.19. The van der Waals surface area contributed by atoms with Gasteiger partial charge in [0.1, 0.15) is 5.56 Å². The maximum Gasteiger partial charge on any atom is 0.282 e. The molecule has 7 heteroatoms. The van der Waals surface area contributed by atoms with E-state index in [1.807, 2.05) is 0 Å². The number of para-hydroxylation sites is 1. The number of nitro benzene ring substituents is 1. The topological polar surface area (TPSA) is 84.3 Å². The van der Waals surface area contributed by atoms with Crippen molar-refractivity contribution in [1.29, 1.82) is 0 Å². The third-order valence-corrected chi connectivity index (χ3v) is 2.11. The van der Waals surface area contributed by atoms with Crippen LogP contribution in [0.1, 0.15) is 10.4 Å². The Morgan fingerprint density at radius 2 is 2.06 bits per heavy atom. The second kappa shape index (κ2) is 5.17. The summed E-state index contributed by atoms with van der Waals surface area (Å²) in [4.78, 5) is 21.6. The number of hydrogen-bond donors (Lipinski definition) is 2. The van der Waals surface area contributed by atoms with Crippen LogP contribution in [0.15, 0.2) is 24.3 Å². The molecule has 0 atom stereocenters. The zero-order valence-corrected chi connectivity index (χ0v) is 9.21. The zero-order chi connectivity index (χ0) is 12.1. The first-order valence-electron chi connectivity index (χ1n) is 4.32. The van der Waals surface area contributed by atoms with Crippen molar-refractivity contribution in [2.24, 2.45) is 0 Å². The first-order chi connectivity index (χ1) is 7.56. The summed E-state index contributed by atoms with van der Waals surface area (Å²) in [6.45, 7) is 0. The Morgan fingerprint density at radius 1 is 1.44 bits per heavy atom. The van der Waals surface area contributed by atoms with E-state index in [9.17, 15) is 14.9 Å². The van der Waals surface area contributed by atoms with E-state index < -0.39 is 10.8 Å². The lowest BCUT2D eigenvalue weighted by molar-refractivity contribution is -0.385. The summed E-state index contributed by atoms with van der Waals surface area (Å²) < 4.78 is 0. The third-order valence-electron chi connectivity index (χ3n) is 1.80. The van der Waals surface area contributed by atoms with Gasteiger partial charge in [0.05, 0.1) is 4.92 Å². The highest BCUT2D eigenvalue weighted by atomic mass is 32.1. The minimum Gasteiger partial charge on any atom is -0.365 e. The molecule has 0 saturated carbocycles. The van der Waals surface area contributed by atoms with Crippen molar-refractivity contribution in [2.45, 2.75) is 0 Å². The van der Waals surface area contributed by atoms with Gasteiger partial charge in [-0.05, 0) is 18.3 Å². The van der Waals surface area contributed by atoms with Crippen molar-refractivity contribution in [1.82, 2.24) is 10.6 Å². The Bertz CT molecular complexity index is 447. The zero-order valence-electron chi connectivity index (χ0n) is 8.39. The fourth-order valence-corrected chi connectivity index (χ4v) is 1.15. The lowest BCUT2D eigenvalue weighted by Crippen LogP contribution is -2.37. The van der Waals surface area contributed by atoms with Crippen molar-refractivity contribution < 1.29 is 9.72 Å². The highest BCUT2D eigenvalue weighted by Crippen LogP contribution is 2.16. The number of carbonyl (C=O) groups is 1. The van der Waals surface area contributed by atoms with Gasteiger partial charge in [0.25, 0.3) is 11.6 Å². The number of benzene rings is 1. The SMILES string of the molecule is CNC(=S)NC(=O)c1ccccc1[N+](=O)[O-]. The number of amides is 1. The minimum atomic E-state index is -0.614. The Balaban J connectivity index is 2.99. The quantitative estimate of drug-likeness (QED) is 0.453. The smallest absolute Gasteiger partial charge is 0.282 e. The fraction of sp³-hybridized carbons (Fsp3) is 0.111. The summed E-state index contributed by atoms with van der Waals surface area (Å²) in [5.41, 5.74) is -0.274. The molecule has 2 N–H and O–H groups in total. The van der Waals surface area contributed by atoms with E-state index in [0.29, 0.717) is 0 Å². The van der Waals surface area contributed by atoms with Crippen molar-refractivity contribution >= 4 is 28.9 Å². The lowest BCUT2D eigenvalue weighted by Gasteiger charge is -2.05. The molecule has 0 unspecified atom stereocenters. The summed E-state index contributed by atoms with van der Waals surface area (Å²) >= 11 is 4.73. The van der Waals surface area contributed by atoms with E-state index in [1.165, 1.54) is 18.2 Å². The molecule has 16 heavy (non-hydrogen) atoms. The number of carbonyl (C=O) groups excluding carboxylic acids is 1. The van der Waals surface area contributed by atoms with Gasteiger partial charge in [0, 0.05) is 13.1 Å². The van der Waals surface area contributed by atoms with Gasteiger partial charge in [0.2, 0.25) is 0 Å². The van der Waals surface area contributed by atoms with Gasteiger partial charge in [0.15, 0.2) is 5.11 Å². The van der Waals surface area contributed by atoms with Gasteiger partial charge in [-0.1, -0.05) is 12.1 Å². The number of nitrogens with zero attached hydrogens (tertiary/aromatic N) is 1. The van der Waals surface area contributed by atoms with Crippen LogP contribution in [0.3, 0.4) is 0 Å². The van der Waals surface area contributed by atoms with Gasteiger partial charge in [-0.15, -0.1) is 0 Å². The van der Waals surface area contributed by atoms with Crippen LogP contribution >= 0.6 is 12.2 Å². The van der Waals surface area contributed by atoms with Crippen molar-refractivity contribution in [3.05, 3.63) is 39.9 Å². The summed E-state index contributed by atoms with van der Waals surface area (Å²) in [5.74, 6) is -0.605. The number of nitrogens with one attached hydrogen (secondary N) is 2. The summed E-state index contributed by atoms with van der Waals surface area (Å²) in [5, 5.41) is 15.6. The molecule has 6 nitrogen and oxygen atoms in total. The van der Waals surface area contributed by atoms with Crippen molar-refractivity contribution in [3.63, 3.8) is 0 Å². The summed E-state index contributed by atoms with van der Waals surface area (Å²) in [6, 6.07) is 5.67. The van der Waals surface area contributed by atoms with Gasteiger partial charge in [-0.25, -0.2) is 0 Å². The Labute approximate surface area is 96.8 Å². The molecule has 0 aromatic heterocycles. The number of nitro groups is 1. The average Bonchev–Trinajstić information content (AvgIpc) is 2.28. The Hall–Kier alpha value is -2.02. The number of hydrogen-bond acceptors (Lipinski definition) is 4. The second-order valence-corrected chi connectivity index (χ2v) is 3.22. The minimum absolute atomic E-state index is 0.0231. The van der Waals surface area contributed by atoms with Crippen LogP contribution < -0.4 is 10.6 Å². The summed E-state index contributed by atoms with van der Waals surface area (Å²) in [6.07, 6.45) is 0. The molecule has 84 valence electrons. The van der Waals surface area contributed by atoms with Gasteiger partial charge >= 0.3 is 0 Å². The molecule has 0 aliphatic rings. The largest absolute Gasteiger partial charge is 0.365 e. The first kappa shape index (κ1) is 12.1. The average molecular weight is 239 g/mol. The molecule has 0 heterocycles. The maximum absolute atomic E-state index is 11.6. The molecule has 0 fully saturated rings. The van der Waals surface area contributed by atoms with E-state index in [4.69, 9.17) is 12.2 Å². The molecule has 1 rings (SSSR count). The van der Waals surface area contributed by atoms with Crippen LogP contribution in [0.4, 0.5) is 5.69 Å². The number of rotatable bonds is 2. The monoisotopic (exact) mass is 239 g/mol. The molecule has 0 aliphatic heterocycles.